The van der Waals surface area contributed by atoms with E-state index < -0.39 is 0 Å². The molecule has 0 aliphatic rings. The van der Waals surface area contributed by atoms with Crippen molar-refractivity contribution in [1.29, 1.82) is 0 Å². The molecule has 21 heavy (non-hydrogen) atoms. The molecule has 1 heterocycles. The third kappa shape index (κ3) is 2.90. The standard InChI is InChI=1S/C15H12N2O3S/c1-10(11-5-4-6-12(9-11)17(18)19)21-15-16-13-7-2-3-8-14(13)20-15/h2-10H,1H3. The zero-order chi connectivity index (χ0) is 14.8. The van der Waals surface area contributed by atoms with Gasteiger partial charge < -0.3 is 4.42 Å². The Labute approximate surface area is 125 Å². The second-order valence-corrected chi connectivity index (χ2v) is 5.85. The molecule has 1 atom stereocenters. The maximum absolute atomic E-state index is 10.8. The van der Waals surface area contributed by atoms with Crippen LogP contribution in [-0.2, 0) is 0 Å². The number of benzene rings is 2. The highest BCUT2D eigenvalue weighted by Gasteiger charge is 2.15. The first-order valence-electron chi connectivity index (χ1n) is 6.40. The fraction of sp³-hybridized carbons (Fsp3) is 0.133. The van der Waals surface area contributed by atoms with Crippen LogP contribution in [0.4, 0.5) is 5.69 Å². The molecule has 5 nitrogen and oxygen atoms in total. The van der Waals surface area contributed by atoms with Gasteiger partial charge in [-0.3, -0.25) is 10.1 Å². The molecule has 3 aromatic rings. The van der Waals surface area contributed by atoms with Crippen molar-refractivity contribution < 1.29 is 9.34 Å². The number of nitro groups is 1. The molecule has 3 rings (SSSR count). The van der Waals surface area contributed by atoms with Gasteiger partial charge in [-0.05, 0) is 24.6 Å². The van der Waals surface area contributed by atoms with E-state index in [1.54, 1.807) is 12.1 Å². The molecule has 106 valence electrons. The number of aromatic nitrogens is 1. The zero-order valence-electron chi connectivity index (χ0n) is 11.2. The van der Waals surface area contributed by atoms with Crippen LogP contribution in [0.2, 0.25) is 0 Å². The minimum absolute atomic E-state index is 0.0120. The number of nitrogens with zero attached hydrogens (tertiary/aromatic N) is 2. The number of non-ortho nitro benzene ring substituents is 1. The lowest BCUT2D eigenvalue weighted by Gasteiger charge is -2.08. The molecule has 0 aliphatic carbocycles. The van der Waals surface area contributed by atoms with Crippen LogP contribution in [0.25, 0.3) is 11.1 Å². The summed E-state index contributed by atoms with van der Waals surface area (Å²) in [4.78, 5) is 14.8. The third-order valence-corrected chi connectivity index (χ3v) is 4.10. The predicted molar refractivity (Wildman–Crippen MR) is 81.4 cm³/mol. The predicted octanol–water partition coefficient (Wildman–Crippen LogP) is 4.59. The van der Waals surface area contributed by atoms with Crippen molar-refractivity contribution in [2.24, 2.45) is 0 Å². The van der Waals surface area contributed by atoms with Gasteiger partial charge >= 0.3 is 0 Å². The Hall–Kier alpha value is -2.34. The zero-order valence-corrected chi connectivity index (χ0v) is 12.0. The van der Waals surface area contributed by atoms with Crippen LogP contribution >= 0.6 is 11.8 Å². The Morgan fingerprint density at radius 3 is 2.81 bits per heavy atom. The van der Waals surface area contributed by atoms with Gasteiger partial charge in [0.2, 0.25) is 0 Å². The second-order valence-electron chi connectivity index (χ2n) is 4.56. The number of thioether (sulfide) groups is 1. The van der Waals surface area contributed by atoms with Crippen LogP contribution in [0, 0.1) is 10.1 Å². The highest BCUT2D eigenvalue weighted by atomic mass is 32.2. The van der Waals surface area contributed by atoms with Gasteiger partial charge in [-0.1, -0.05) is 36.0 Å². The lowest BCUT2D eigenvalue weighted by atomic mass is 10.1. The largest absolute Gasteiger partial charge is 0.431 e. The first-order chi connectivity index (χ1) is 10.1. The Balaban J connectivity index is 1.83. The van der Waals surface area contributed by atoms with E-state index in [-0.39, 0.29) is 15.9 Å². The molecule has 0 N–H and O–H groups in total. The summed E-state index contributed by atoms with van der Waals surface area (Å²) in [6, 6.07) is 14.2. The van der Waals surface area contributed by atoms with Gasteiger partial charge in [-0.2, -0.15) is 0 Å². The molecule has 0 aliphatic heterocycles. The van der Waals surface area contributed by atoms with E-state index in [4.69, 9.17) is 4.42 Å². The maximum atomic E-state index is 10.8. The molecule has 0 saturated carbocycles. The third-order valence-electron chi connectivity index (χ3n) is 3.10. The topological polar surface area (TPSA) is 69.2 Å². The second kappa shape index (κ2) is 5.57. The summed E-state index contributed by atoms with van der Waals surface area (Å²) >= 11 is 1.44. The van der Waals surface area contributed by atoms with Crippen molar-refractivity contribution in [1.82, 2.24) is 4.98 Å². The smallest absolute Gasteiger partial charge is 0.269 e. The normalized spacial score (nSPS) is 12.4. The van der Waals surface area contributed by atoms with E-state index in [1.807, 2.05) is 37.3 Å². The highest BCUT2D eigenvalue weighted by Crippen LogP contribution is 2.36. The number of oxazole rings is 1. The molecule has 6 heteroatoms. The van der Waals surface area contributed by atoms with Crippen LogP contribution in [0.5, 0.6) is 0 Å². The first kappa shape index (κ1) is 13.6. The van der Waals surface area contributed by atoms with Crippen molar-refractivity contribution >= 4 is 28.5 Å². The molecule has 1 unspecified atom stereocenters. The van der Waals surface area contributed by atoms with Crippen molar-refractivity contribution in [3.05, 3.63) is 64.2 Å². The summed E-state index contributed by atoms with van der Waals surface area (Å²) in [5.41, 5.74) is 2.52. The summed E-state index contributed by atoms with van der Waals surface area (Å²) in [7, 11) is 0. The Kier molecular flexibility index (Phi) is 3.62. The summed E-state index contributed by atoms with van der Waals surface area (Å²) in [5.74, 6) is 0. The van der Waals surface area contributed by atoms with E-state index >= 15 is 0 Å². The number of nitro benzene ring substituents is 1. The summed E-state index contributed by atoms with van der Waals surface area (Å²) in [6.07, 6.45) is 0. The van der Waals surface area contributed by atoms with Crippen LogP contribution in [0.3, 0.4) is 0 Å². The van der Waals surface area contributed by atoms with Crippen molar-refractivity contribution in [3.63, 3.8) is 0 Å². The quantitative estimate of drug-likeness (QED) is 0.400. The molecule has 0 bridgehead atoms. The molecule has 0 saturated heterocycles. The van der Waals surface area contributed by atoms with Crippen LogP contribution in [0.15, 0.2) is 58.2 Å². The fourth-order valence-corrected chi connectivity index (χ4v) is 2.89. The minimum Gasteiger partial charge on any atom is -0.431 e. The molecule has 1 aromatic heterocycles. The van der Waals surface area contributed by atoms with Crippen LogP contribution < -0.4 is 0 Å². The van der Waals surface area contributed by atoms with Crippen molar-refractivity contribution in [2.75, 3.05) is 0 Å². The number of hydrogen-bond acceptors (Lipinski definition) is 5. The Bertz CT molecular complexity index is 767. The van der Waals surface area contributed by atoms with E-state index in [1.165, 1.54) is 17.8 Å². The van der Waals surface area contributed by atoms with E-state index in [0.29, 0.717) is 5.22 Å². The summed E-state index contributed by atoms with van der Waals surface area (Å²) in [6.45, 7) is 1.97. The Morgan fingerprint density at radius 2 is 2.05 bits per heavy atom. The molecule has 0 spiro atoms. The minimum atomic E-state index is -0.389. The number of fused-ring (bicyclic) bond motifs is 1. The molecule has 2 aromatic carbocycles. The molecular weight excluding hydrogens is 288 g/mol. The van der Waals surface area contributed by atoms with E-state index in [0.717, 1.165) is 16.7 Å². The molecule has 0 amide bonds. The van der Waals surface area contributed by atoms with Gasteiger partial charge in [0.05, 0.1) is 4.92 Å². The van der Waals surface area contributed by atoms with Crippen LogP contribution in [-0.4, -0.2) is 9.91 Å². The van der Waals surface area contributed by atoms with E-state index in [9.17, 15) is 10.1 Å². The van der Waals surface area contributed by atoms with Crippen LogP contribution in [0.1, 0.15) is 17.7 Å². The van der Waals surface area contributed by atoms with Gasteiger partial charge in [0.1, 0.15) is 5.52 Å². The molecule has 0 fully saturated rings. The molecule has 0 radical (unpaired) electrons. The van der Waals surface area contributed by atoms with Gasteiger partial charge in [-0.15, -0.1) is 0 Å². The Morgan fingerprint density at radius 1 is 1.24 bits per heavy atom. The summed E-state index contributed by atoms with van der Waals surface area (Å²) < 4.78 is 5.66. The monoisotopic (exact) mass is 300 g/mol. The lowest BCUT2D eigenvalue weighted by molar-refractivity contribution is -0.384. The van der Waals surface area contributed by atoms with Gasteiger partial charge in [0, 0.05) is 17.4 Å². The average molecular weight is 300 g/mol. The van der Waals surface area contributed by atoms with Gasteiger partial charge in [-0.25, -0.2) is 4.98 Å². The average Bonchev–Trinajstić information content (AvgIpc) is 2.89. The number of hydrogen-bond donors (Lipinski definition) is 0. The maximum Gasteiger partial charge on any atom is 0.269 e. The molecular formula is C15H12N2O3S. The number of rotatable bonds is 4. The SMILES string of the molecule is CC(Sc1nc2ccccc2o1)c1cccc([N+](=O)[O-])c1. The lowest BCUT2D eigenvalue weighted by Crippen LogP contribution is -1.92. The van der Waals surface area contributed by atoms with Gasteiger partial charge in [0.15, 0.2) is 5.58 Å². The number of para-hydroxylation sites is 2. The highest BCUT2D eigenvalue weighted by molar-refractivity contribution is 7.99. The van der Waals surface area contributed by atoms with Crippen molar-refractivity contribution in [3.8, 4) is 0 Å². The first-order valence-corrected chi connectivity index (χ1v) is 7.28. The van der Waals surface area contributed by atoms with Crippen molar-refractivity contribution in [2.45, 2.75) is 17.4 Å². The summed E-state index contributed by atoms with van der Waals surface area (Å²) in [5, 5.41) is 11.4. The fourth-order valence-electron chi connectivity index (χ4n) is 2.01. The van der Waals surface area contributed by atoms with E-state index in [2.05, 4.69) is 4.98 Å². The van der Waals surface area contributed by atoms with Gasteiger partial charge in [0.25, 0.3) is 10.9 Å².